The summed E-state index contributed by atoms with van der Waals surface area (Å²) in [6.07, 6.45) is 1.74. The van der Waals surface area contributed by atoms with E-state index in [0.29, 0.717) is 15.7 Å². The summed E-state index contributed by atoms with van der Waals surface area (Å²) in [5.41, 5.74) is 3.97. The number of aryl methyl sites for hydroxylation is 1. The highest BCUT2D eigenvalue weighted by atomic mass is 32.2. The standard InChI is InChI=1S/C12H22N4OS2/c1-7-8(2)19-10(6-18-7)11(15-13)12-9(17-4)5-14-16(12)3/h5,7-8,10-11,15H,6,13H2,1-4H3. The fourth-order valence-electron chi connectivity index (χ4n) is 2.28. The average molecular weight is 302 g/mol. The molecule has 1 fully saturated rings. The summed E-state index contributed by atoms with van der Waals surface area (Å²) >= 11 is 4.00. The van der Waals surface area contributed by atoms with Crippen molar-refractivity contribution in [2.24, 2.45) is 12.9 Å². The van der Waals surface area contributed by atoms with Crippen molar-refractivity contribution < 1.29 is 4.74 Å². The predicted molar refractivity (Wildman–Crippen MR) is 82.6 cm³/mol. The monoisotopic (exact) mass is 302 g/mol. The van der Waals surface area contributed by atoms with Gasteiger partial charge in [0.15, 0.2) is 5.75 Å². The Morgan fingerprint density at radius 2 is 2.26 bits per heavy atom. The van der Waals surface area contributed by atoms with Crippen LogP contribution in [-0.2, 0) is 7.05 Å². The highest BCUT2D eigenvalue weighted by molar-refractivity contribution is 8.07. The van der Waals surface area contributed by atoms with E-state index in [1.165, 1.54) is 0 Å². The number of nitrogens with zero attached hydrogens (tertiary/aromatic N) is 2. The van der Waals surface area contributed by atoms with Crippen molar-refractivity contribution in [3.63, 3.8) is 0 Å². The average Bonchev–Trinajstić information content (AvgIpc) is 2.76. The molecule has 0 aliphatic carbocycles. The molecular weight excluding hydrogens is 280 g/mol. The van der Waals surface area contributed by atoms with Crippen molar-refractivity contribution >= 4 is 23.5 Å². The zero-order valence-electron chi connectivity index (χ0n) is 11.8. The van der Waals surface area contributed by atoms with E-state index in [9.17, 15) is 0 Å². The molecule has 0 spiro atoms. The van der Waals surface area contributed by atoms with Gasteiger partial charge < -0.3 is 4.74 Å². The van der Waals surface area contributed by atoms with Gasteiger partial charge >= 0.3 is 0 Å². The quantitative estimate of drug-likeness (QED) is 0.650. The summed E-state index contributed by atoms with van der Waals surface area (Å²) in [5, 5.41) is 6.00. The van der Waals surface area contributed by atoms with Crippen molar-refractivity contribution in [3.05, 3.63) is 11.9 Å². The number of nitrogens with two attached hydrogens (primary N) is 1. The molecule has 2 rings (SSSR count). The van der Waals surface area contributed by atoms with E-state index in [-0.39, 0.29) is 6.04 Å². The molecule has 1 aliphatic rings. The Balaban J connectivity index is 2.22. The second-order valence-corrected chi connectivity index (χ2v) is 7.82. The molecule has 19 heavy (non-hydrogen) atoms. The van der Waals surface area contributed by atoms with Gasteiger partial charge in [0.05, 0.1) is 25.0 Å². The number of aromatic nitrogens is 2. The minimum absolute atomic E-state index is 0.0508. The first-order valence-corrected chi connectivity index (χ1v) is 8.36. The van der Waals surface area contributed by atoms with E-state index in [1.54, 1.807) is 13.3 Å². The summed E-state index contributed by atoms with van der Waals surface area (Å²) < 4.78 is 7.24. The van der Waals surface area contributed by atoms with Crippen LogP contribution in [0.1, 0.15) is 25.6 Å². The van der Waals surface area contributed by atoms with Crippen molar-refractivity contribution in [1.29, 1.82) is 0 Å². The first kappa shape index (κ1) is 15.0. The van der Waals surface area contributed by atoms with E-state index >= 15 is 0 Å². The highest BCUT2D eigenvalue weighted by Gasteiger charge is 2.34. The van der Waals surface area contributed by atoms with E-state index in [1.807, 2.05) is 35.3 Å². The highest BCUT2D eigenvalue weighted by Crippen LogP contribution is 2.42. The van der Waals surface area contributed by atoms with Crippen LogP contribution in [0.3, 0.4) is 0 Å². The molecule has 0 aromatic carbocycles. The Morgan fingerprint density at radius 1 is 1.53 bits per heavy atom. The van der Waals surface area contributed by atoms with Gasteiger partial charge in [-0.05, 0) is 0 Å². The largest absolute Gasteiger partial charge is 0.493 e. The topological polar surface area (TPSA) is 65.1 Å². The maximum Gasteiger partial charge on any atom is 0.161 e. The minimum atomic E-state index is 0.0508. The number of thioether (sulfide) groups is 2. The number of hydrogen-bond donors (Lipinski definition) is 2. The van der Waals surface area contributed by atoms with Crippen LogP contribution in [0.25, 0.3) is 0 Å². The molecule has 0 saturated carbocycles. The van der Waals surface area contributed by atoms with Gasteiger partial charge in [0, 0.05) is 28.6 Å². The predicted octanol–water partition coefficient (Wildman–Crippen LogP) is 1.56. The van der Waals surface area contributed by atoms with E-state index in [2.05, 4.69) is 24.4 Å². The van der Waals surface area contributed by atoms with Crippen molar-refractivity contribution in [3.8, 4) is 5.75 Å². The summed E-state index contributed by atoms with van der Waals surface area (Å²) in [7, 11) is 3.59. The fourth-order valence-corrected chi connectivity index (χ4v) is 5.36. The summed E-state index contributed by atoms with van der Waals surface area (Å²) in [4.78, 5) is 0. The molecule has 108 valence electrons. The van der Waals surface area contributed by atoms with Gasteiger partial charge in [0.2, 0.25) is 0 Å². The summed E-state index contributed by atoms with van der Waals surface area (Å²) in [6.45, 7) is 4.57. The fraction of sp³-hybridized carbons (Fsp3) is 0.750. The van der Waals surface area contributed by atoms with Crippen LogP contribution in [0.2, 0.25) is 0 Å². The molecule has 0 radical (unpaired) electrons. The van der Waals surface area contributed by atoms with Gasteiger partial charge in [-0.2, -0.15) is 28.6 Å². The normalized spacial score (nSPS) is 29.2. The van der Waals surface area contributed by atoms with Crippen molar-refractivity contribution in [2.75, 3.05) is 12.9 Å². The summed E-state index contributed by atoms with van der Waals surface area (Å²) in [5.74, 6) is 7.67. The third-order valence-corrected chi connectivity index (χ3v) is 7.08. The maximum absolute atomic E-state index is 5.80. The number of nitrogens with one attached hydrogen (secondary N) is 1. The number of methoxy groups -OCH3 is 1. The van der Waals surface area contributed by atoms with Gasteiger partial charge in [-0.3, -0.25) is 16.0 Å². The lowest BCUT2D eigenvalue weighted by Crippen LogP contribution is -2.41. The zero-order valence-corrected chi connectivity index (χ0v) is 13.4. The Kier molecular flexibility index (Phi) is 5.05. The van der Waals surface area contributed by atoms with Crippen LogP contribution < -0.4 is 16.0 Å². The number of rotatable bonds is 4. The molecule has 5 nitrogen and oxygen atoms in total. The Bertz CT molecular complexity index is 426. The molecule has 1 aromatic heterocycles. The molecule has 1 aliphatic heterocycles. The van der Waals surface area contributed by atoms with Gasteiger partial charge in [-0.1, -0.05) is 13.8 Å². The van der Waals surface area contributed by atoms with Crippen molar-refractivity contribution in [1.82, 2.24) is 15.2 Å². The van der Waals surface area contributed by atoms with E-state index in [0.717, 1.165) is 17.2 Å². The smallest absolute Gasteiger partial charge is 0.161 e. The molecular formula is C12H22N4OS2. The molecule has 4 unspecified atom stereocenters. The minimum Gasteiger partial charge on any atom is -0.493 e. The van der Waals surface area contributed by atoms with E-state index in [4.69, 9.17) is 10.6 Å². The molecule has 4 atom stereocenters. The lowest BCUT2D eigenvalue weighted by atomic mass is 10.1. The third kappa shape index (κ3) is 3.04. The van der Waals surface area contributed by atoms with Crippen LogP contribution in [0.15, 0.2) is 6.20 Å². The van der Waals surface area contributed by atoms with Gasteiger partial charge in [0.25, 0.3) is 0 Å². The van der Waals surface area contributed by atoms with Crippen LogP contribution in [0.5, 0.6) is 5.75 Å². The lowest BCUT2D eigenvalue weighted by Gasteiger charge is -2.35. The zero-order chi connectivity index (χ0) is 14.0. The lowest BCUT2D eigenvalue weighted by molar-refractivity contribution is 0.394. The number of ether oxygens (including phenoxy) is 1. The number of hydrogen-bond acceptors (Lipinski definition) is 6. The van der Waals surface area contributed by atoms with Gasteiger partial charge in [-0.15, -0.1) is 0 Å². The molecule has 2 heterocycles. The van der Waals surface area contributed by atoms with Crippen LogP contribution >= 0.6 is 23.5 Å². The first-order valence-electron chi connectivity index (χ1n) is 6.37. The molecule has 7 heteroatoms. The van der Waals surface area contributed by atoms with Crippen LogP contribution in [0, 0.1) is 0 Å². The van der Waals surface area contributed by atoms with Gasteiger partial charge in [-0.25, -0.2) is 0 Å². The van der Waals surface area contributed by atoms with Crippen LogP contribution in [0.4, 0.5) is 0 Å². The first-order chi connectivity index (χ1) is 9.08. The maximum atomic E-state index is 5.80. The second kappa shape index (κ2) is 6.39. The van der Waals surface area contributed by atoms with Gasteiger partial charge in [0.1, 0.15) is 0 Å². The Labute approximate surface area is 123 Å². The van der Waals surface area contributed by atoms with Crippen molar-refractivity contribution in [2.45, 2.75) is 35.6 Å². The SMILES string of the molecule is COc1cnn(C)c1C(NN)C1CSC(C)C(C)S1. The molecule has 0 amide bonds. The Morgan fingerprint density at radius 3 is 2.84 bits per heavy atom. The molecule has 1 aromatic rings. The second-order valence-electron chi connectivity index (χ2n) is 4.78. The van der Waals surface area contributed by atoms with Crippen LogP contribution in [-0.4, -0.2) is 38.4 Å². The molecule has 1 saturated heterocycles. The Hall–Kier alpha value is -0.370. The van der Waals surface area contributed by atoms with E-state index < -0.39 is 0 Å². The summed E-state index contributed by atoms with van der Waals surface area (Å²) in [6, 6.07) is 0.0508. The number of hydrazine groups is 1. The molecule has 3 N–H and O–H groups in total. The molecule has 0 bridgehead atoms. The third-order valence-electron chi connectivity index (χ3n) is 3.59.